The molecule has 0 bridgehead atoms. The first kappa shape index (κ1) is 16.4. The zero-order chi connectivity index (χ0) is 15.8. The van der Waals surface area contributed by atoms with E-state index in [2.05, 4.69) is 0 Å². The van der Waals surface area contributed by atoms with Gasteiger partial charge in [0.1, 0.15) is 4.90 Å². The number of alkyl halides is 3. The first-order chi connectivity index (χ1) is 9.62. The molecule has 118 valence electrons. The Bertz CT molecular complexity index is 634. The molecule has 0 spiro atoms. The van der Waals surface area contributed by atoms with Gasteiger partial charge >= 0.3 is 6.18 Å². The van der Waals surface area contributed by atoms with Gasteiger partial charge in [-0.3, -0.25) is 0 Å². The van der Waals surface area contributed by atoms with Crippen LogP contribution in [-0.2, 0) is 10.0 Å². The summed E-state index contributed by atoms with van der Waals surface area (Å²) in [6.45, 7) is -0.543. The predicted molar refractivity (Wildman–Crippen MR) is 73.4 cm³/mol. The van der Waals surface area contributed by atoms with Crippen LogP contribution in [0.15, 0.2) is 23.1 Å². The smallest absolute Gasteiger partial charge is 0.393 e. The van der Waals surface area contributed by atoms with Crippen molar-refractivity contribution in [2.45, 2.75) is 23.9 Å². The minimum absolute atomic E-state index is 0.0338. The van der Waals surface area contributed by atoms with Gasteiger partial charge < -0.3 is 5.73 Å². The highest BCUT2D eigenvalue weighted by molar-refractivity contribution is 7.89. The lowest BCUT2D eigenvalue weighted by Crippen LogP contribution is -2.44. The fourth-order valence-electron chi connectivity index (χ4n) is 2.30. The van der Waals surface area contributed by atoms with Crippen molar-refractivity contribution in [1.82, 2.24) is 4.31 Å². The number of piperidine rings is 1. The van der Waals surface area contributed by atoms with Crippen LogP contribution in [0.3, 0.4) is 0 Å². The lowest BCUT2D eigenvalue weighted by atomic mass is 9.99. The fourth-order valence-corrected chi connectivity index (χ4v) is 4.20. The van der Waals surface area contributed by atoms with Crippen molar-refractivity contribution in [2.24, 2.45) is 5.92 Å². The first-order valence-electron chi connectivity index (χ1n) is 6.24. The van der Waals surface area contributed by atoms with Crippen LogP contribution in [0.4, 0.5) is 18.9 Å². The summed E-state index contributed by atoms with van der Waals surface area (Å²) in [7, 11) is -4.08. The molecule has 21 heavy (non-hydrogen) atoms. The normalized spacial score (nSPS) is 21.4. The summed E-state index contributed by atoms with van der Waals surface area (Å²) < 4.78 is 64.1. The molecule has 0 radical (unpaired) electrons. The van der Waals surface area contributed by atoms with Gasteiger partial charge in [0, 0.05) is 18.1 Å². The SMILES string of the molecule is Nc1ccc(Cl)cc1S(=O)(=O)N1CCCC(C(F)(F)F)C1. The fraction of sp³-hybridized carbons (Fsp3) is 0.500. The van der Waals surface area contributed by atoms with E-state index in [0.29, 0.717) is 0 Å². The average molecular weight is 343 g/mol. The summed E-state index contributed by atoms with van der Waals surface area (Å²) in [5, 5.41) is 0.159. The third-order valence-corrected chi connectivity index (χ3v) is 5.60. The van der Waals surface area contributed by atoms with E-state index in [1.165, 1.54) is 12.1 Å². The molecular weight excluding hydrogens is 329 g/mol. The second-order valence-electron chi connectivity index (χ2n) is 4.93. The number of benzene rings is 1. The van der Waals surface area contributed by atoms with Gasteiger partial charge in [-0.2, -0.15) is 17.5 Å². The van der Waals surface area contributed by atoms with Crippen molar-refractivity contribution in [3.05, 3.63) is 23.2 Å². The van der Waals surface area contributed by atoms with Crippen LogP contribution < -0.4 is 5.73 Å². The van der Waals surface area contributed by atoms with Crippen molar-refractivity contribution >= 4 is 27.3 Å². The second-order valence-corrected chi connectivity index (χ2v) is 7.27. The summed E-state index contributed by atoms with van der Waals surface area (Å²) in [6, 6.07) is 3.90. The maximum atomic E-state index is 12.8. The monoisotopic (exact) mass is 342 g/mol. The maximum absolute atomic E-state index is 12.8. The van der Waals surface area contributed by atoms with Gasteiger partial charge in [-0.15, -0.1) is 0 Å². The number of nitrogen functional groups attached to an aromatic ring is 1. The Hall–Kier alpha value is -0.990. The van der Waals surface area contributed by atoms with Gasteiger partial charge in [-0.1, -0.05) is 11.6 Å². The van der Waals surface area contributed by atoms with Crippen LogP contribution in [0.5, 0.6) is 0 Å². The van der Waals surface area contributed by atoms with E-state index in [1.807, 2.05) is 0 Å². The Balaban J connectivity index is 2.33. The molecule has 1 aliphatic heterocycles. The Labute approximate surface area is 125 Å². The number of hydrogen-bond donors (Lipinski definition) is 1. The van der Waals surface area contributed by atoms with Gasteiger partial charge in [0.25, 0.3) is 0 Å². The number of rotatable bonds is 2. The van der Waals surface area contributed by atoms with Crippen molar-refractivity contribution in [3.8, 4) is 0 Å². The predicted octanol–water partition coefficient (Wildman–Crippen LogP) is 2.89. The van der Waals surface area contributed by atoms with Crippen LogP contribution in [0.1, 0.15) is 12.8 Å². The molecule has 1 aromatic rings. The molecule has 2 rings (SSSR count). The summed E-state index contributed by atoms with van der Waals surface area (Å²) in [4.78, 5) is -0.252. The summed E-state index contributed by atoms with van der Waals surface area (Å²) in [5.41, 5.74) is 5.58. The first-order valence-corrected chi connectivity index (χ1v) is 8.06. The van der Waals surface area contributed by atoms with E-state index < -0.39 is 28.7 Å². The minimum Gasteiger partial charge on any atom is -0.398 e. The highest BCUT2D eigenvalue weighted by Crippen LogP contribution is 2.36. The van der Waals surface area contributed by atoms with Crippen LogP contribution in [-0.4, -0.2) is 32.0 Å². The lowest BCUT2D eigenvalue weighted by Gasteiger charge is -2.33. The molecule has 0 aliphatic carbocycles. The molecule has 1 atom stereocenters. The highest BCUT2D eigenvalue weighted by atomic mass is 35.5. The summed E-state index contributed by atoms with van der Waals surface area (Å²) in [6.07, 6.45) is -4.32. The number of anilines is 1. The zero-order valence-electron chi connectivity index (χ0n) is 10.9. The molecule has 1 heterocycles. The van der Waals surface area contributed by atoms with Gasteiger partial charge in [0.2, 0.25) is 10.0 Å². The lowest BCUT2D eigenvalue weighted by molar-refractivity contribution is -0.182. The standard InChI is InChI=1S/C12H14ClF3N2O2S/c13-9-3-4-10(17)11(6-9)21(19,20)18-5-1-2-8(7-18)12(14,15)16/h3-4,6,8H,1-2,5,7,17H2. The van der Waals surface area contributed by atoms with E-state index in [9.17, 15) is 21.6 Å². The molecule has 1 fully saturated rings. The maximum Gasteiger partial charge on any atom is 0.393 e. The largest absolute Gasteiger partial charge is 0.398 e. The van der Waals surface area contributed by atoms with Gasteiger partial charge in [0.15, 0.2) is 0 Å². The topological polar surface area (TPSA) is 63.4 Å². The summed E-state index contributed by atoms with van der Waals surface area (Å²) in [5.74, 6) is -1.65. The van der Waals surface area contributed by atoms with Gasteiger partial charge in [-0.05, 0) is 31.0 Å². The molecule has 1 aromatic carbocycles. The van der Waals surface area contributed by atoms with Crippen molar-refractivity contribution in [3.63, 3.8) is 0 Å². The number of sulfonamides is 1. The molecule has 0 amide bonds. The number of hydrogen-bond acceptors (Lipinski definition) is 3. The van der Waals surface area contributed by atoms with E-state index in [1.54, 1.807) is 0 Å². The summed E-state index contributed by atoms with van der Waals surface area (Å²) >= 11 is 5.74. The van der Waals surface area contributed by atoms with Crippen LogP contribution in [0.2, 0.25) is 5.02 Å². The van der Waals surface area contributed by atoms with E-state index >= 15 is 0 Å². The van der Waals surface area contributed by atoms with Crippen LogP contribution in [0, 0.1) is 5.92 Å². The molecule has 0 saturated carbocycles. The van der Waals surface area contributed by atoms with Crippen molar-refractivity contribution in [2.75, 3.05) is 18.8 Å². The van der Waals surface area contributed by atoms with Crippen LogP contribution in [0.25, 0.3) is 0 Å². The third kappa shape index (κ3) is 3.44. The van der Waals surface area contributed by atoms with Gasteiger partial charge in [-0.25, -0.2) is 8.42 Å². The van der Waals surface area contributed by atoms with Crippen LogP contribution >= 0.6 is 11.6 Å². The highest BCUT2D eigenvalue weighted by Gasteiger charge is 2.44. The Kier molecular flexibility index (Phi) is 4.41. The Morgan fingerprint density at radius 1 is 1.33 bits per heavy atom. The average Bonchev–Trinajstić information content (AvgIpc) is 2.40. The van der Waals surface area contributed by atoms with E-state index in [0.717, 1.165) is 10.4 Å². The Morgan fingerprint density at radius 3 is 2.62 bits per heavy atom. The molecule has 4 nitrogen and oxygen atoms in total. The minimum atomic E-state index is -4.41. The Morgan fingerprint density at radius 2 is 2.00 bits per heavy atom. The van der Waals surface area contributed by atoms with Crippen molar-refractivity contribution < 1.29 is 21.6 Å². The van der Waals surface area contributed by atoms with Crippen molar-refractivity contribution in [1.29, 1.82) is 0 Å². The second kappa shape index (κ2) is 5.66. The molecule has 0 aromatic heterocycles. The van der Waals surface area contributed by atoms with E-state index in [-0.39, 0.29) is 35.0 Å². The zero-order valence-corrected chi connectivity index (χ0v) is 12.5. The molecule has 1 saturated heterocycles. The number of halogens is 4. The van der Waals surface area contributed by atoms with E-state index in [4.69, 9.17) is 17.3 Å². The quantitative estimate of drug-likeness (QED) is 0.840. The third-order valence-electron chi connectivity index (χ3n) is 3.44. The number of nitrogens with two attached hydrogens (primary N) is 1. The molecule has 9 heteroatoms. The van der Waals surface area contributed by atoms with Gasteiger partial charge in [0.05, 0.1) is 11.6 Å². The number of nitrogens with zero attached hydrogens (tertiary/aromatic N) is 1. The molecule has 1 aliphatic rings. The molecule has 1 unspecified atom stereocenters. The molecule has 2 N–H and O–H groups in total. The molecular formula is C12H14ClF3N2O2S.